The van der Waals surface area contributed by atoms with Gasteiger partial charge in [-0.3, -0.25) is 0 Å². The lowest BCUT2D eigenvalue weighted by molar-refractivity contribution is 0.120. The molecule has 1 aromatic rings. The first-order valence-corrected chi connectivity index (χ1v) is 8.01. The topological polar surface area (TPSA) is 53.6 Å². The van der Waals surface area contributed by atoms with E-state index in [4.69, 9.17) is 4.74 Å². The zero-order valence-electron chi connectivity index (χ0n) is 13.6. The van der Waals surface area contributed by atoms with Crippen molar-refractivity contribution in [3.8, 4) is 0 Å². The maximum atomic E-state index is 12.0. The Bertz CT molecular complexity index is 471. The number of amides is 2. The Labute approximate surface area is 133 Å². The molecule has 0 saturated carbocycles. The van der Waals surface area contributed by atoms with Gasteiger partial charge in [0.15, 0.2) is 0 Å². The number of urea groups is 1. The minimum absolute atomic E-state index is 0.115. The number of aryl methyl sites for hydroxylation is 1. The van der Waals surface area contributed by atoms with Gasteiger partial charge in [-0.1, -0.05) is 18.2 Å². The second-order valence-electron chi connectivity index (χ2n) is 5.93. The Kier molecular flexibility index (Phi) is 6.68. The maximum absolute atomic E-state index is 12.0. The third-order valence-corrected chi connectivity index (χ3v) is 4.26. The molecule has 0 atom stereocenters. The molecule has 0 unspecified atom stereocenters. The van der Waals surface area contributed by atoms with Crippen LogP contribution in [-0.4, -0.2) is 50.8 Å². The van der Waals surface area contributed by atoms with Crippen LogP contribution in [0, 0.1) is 12.8 Å². The number of nitrogens with zero attached hydrogens (tertiary/aromatic N) is 1. The number of piperidine rings is 1. The number of rotatable bonds is 6. The summed E-state index contributed by atoms with van der Waals surface area (Å²) in [5, 5.41) is 5.90. The summed E-state index contributed by atoms with van der Waals surface area (Å²) in [4.78, 5) is 14.4. The average molecular weight is 305 g/mol. The molecule has 2 rings (SSSR count). The van der Waals surface area contributed by atoms with Crippen molar-refractivity contribution in [2.24, 2.45) is 5.92 Å². The van der Waals surface area contributed by atoms with Crippen LogP contribution in [-0.2, 0) is 4.74 Å². The highest BCUT2D eigenvalue weighted by atomic mass is 16.5. The van der Waals surface area contributed by atoms with Crippen molar-refractivity contribution in [2.45, 2.75) is 19.8 Å². The SMILES string of the molecule is COCCN1CCC(CNC(=O)Nc2ccccc2C)CC1. The van der Waals surface area contributed by atoms with E-state index in [1.165, 1.54) is 0 Å². The largest absolute Gasteiger partial charge is 0.383 e. The fourth-order valence-electron chi connectivity index (χ4n) is 2.75. The van der Waals surface area contributed by atoms with Crippen molar-refractivity contribution in [2.75, 3.05) is 45.2 Å². The van der Waals surface area contributed by atoms with Gasteiger partial charge in [-0.2, -0.15) is 0 Å². The molecule has 122 valence electrons. The fraction of sp³-hybridized carbons (Fsp3) is 0.588. The van der Waals surface area contributed by atoms with Crippen LogP contribution in [0.15, 0.2) is 24.3 Å². The molecule has 1 aliphatic heterocycles. The van der Waals surface area contributed by atoms with E-state index < -0.39 is 0 Å². The van der Waals surface area contributed by atoms with E-state index in [2.05, 4.69) is 15.5 Å². The van der Waals surface area contributed by atoms with Crippen LogP contribution in [0.25, 0.3) is 0 Å². The Balaban J connectivity index is 1.66. The van der Waals surface area contributed by atoms with E-state index >= 15 is 0 Å². The predicted molar refractivity (Wildman–Crippen MR) is 89.2 cm³/mol. The van der Waals surface area contributed by atoms with E-state index in [0.29, 0.717) is 5.92 Å². The van der Waals surface area contributed by atoms with Crippen molar-refractivity contribution < 1.29 is 9.53 Å². The first-order valence-electron chi connectivity index (χ1n) is 8.01. The van der Waals surface area contributed by atoms with Crippen molar-refractivity contribution >= 4 is 11.7 Å². The standard InChI is InChI=1S/C17H27N3O2/c1-14-5-3-4-6-16(14)19-17(21)18-13-15-7-9-20(10-8-15)11-12-22-2/h3-6,15H,7-13H2,1-2H3,(H2,18,19,21). The number of carbonyl (C=O) groups excluding carboxylic acids is 1. The molecule has 1 saturated heterocycles. The van der Waals surface area contributed by atoms with Crippen LogP contribution >= 0.6 is 0 Å². The van der Waals surface area contributed by atoms with E-state index in [1.54, 1.807) is 7.11 Å². The minimum atomic E-state index is -0.115. The van der Waals surface area contributed by atoms with Crippen LogP contribution in [0.1, 0.15) is 18.4 Å². The highest BCUT2D eigenvalue weighted by Crippen LogP contribution is 2.16. The smallest absolute Gasteiger partial charge is 0.319 e. The van der Waals surface area contributed by atoms with Gasteiger partial charge < -0.3 is 20.3 Å². The number of benzene rings is 1. The molecule has 0 aliphatic carbocycles. The Hall–Kier alpha value is -1.59. The highest BCUT2D eigenvalue weighted by molar-refractivity contribution is 5.89. The van der Waals surface area contributed by atoms with E-state index in [9.17, 15) is 4.79 Å². The van der Waals surface area contributed by atoms with Gasteiger partial charge >= 0.3 is 6.03 Å². The molecule has 1 fully saturated rings. The van der Waals surface area contributed by atoms with Gasteiger partial charge in [0, 0.05) is 25.9 Å². The molecule has 0 radical (unpaired) electrons. The van der Waals surface area contributed by atoms with Gasteiger partial charge in [-0.05, 0) is 50.4 Å². The van der Waals surface area contributed by atoms with Crippen molar-refractivity contribution in [1.29, 1.82) is 0 Å². The number of carbonyl (C=O) groups is 1. The summed E-state index contributed by atoms with van der Waals surface area (Å²) < 4.78 is 5.11. The lowest BCUT2D eigenvalue weighted by atomic mass is 9.97. The summed E-state index contributed by atoms with van der Waals surface area (Å²) >= 11 is 0. The average Bonchev–Trinajstić information content (AvgIpc) is 2.54. The molecule has 22 heavy (non-hydrogen) atoms. The molecule has 5 nitrogen and oxygen atoms in total. The summed E-state index contributed by atoms with van der Waals surface area (Å²) in [5.41, 5.74) is 1.94. The second kappa shape index (κ2) is 8.76. The van der Waals surface area contributed by atoms with Gasteiger partial charge in [0.2, 0.25) is 0 Å². The number of nitrogens with one attached hydrogen (secondary N) is 2. The van der Waals surface area contributed by atoms with Crippen molar-refractivity contribution in [3.63, 3.8) is 0 Å². The number of para-hydroxylation sites is 1. The van der Waals surface area contributed by atoms with Gasteiger partial charge in [0.05, 0.1) is 6.61 Å². The molecule has 0 spiro atoms. The molecule has 1 heterocycles. The Morgan fingerprint density at radius 2 is 2.05 bits per heavy atom. The fourth-order valence-corrected chi connectivity index (χ4v) is 2.75. The molecule has 1 aromatic carbocycles. The Morgan fingerprint density at radius 1 is 1.32 bits per heavy atom. The number of likely N-dealkylation sites (tertiary alicyclic amines) is 1. The van der Waals surface area contributed by atoms with E-state index in [1.807, 2.05) is 31.2 Å². The molecular weight excluding hydrogens is 278 g/mol. The summed E-state index contributed by atoms with van der Waals surface area (Å²) in [7, 11) is 1.74. The maximum Gasteiger partial charge on any atom is 0.319 e. The molecule has 0 aromatic heterocycles. The lowest BCUT2D eigenvalue weighted by Crippen LogP contribution is -2.40. The predicted octanol–water partition coefficient (Wildman–Crippen LogP) is 2.47. The number of hydrogen-bond acceptors (Lipinski definition) is 3. The van der Waals surface area contributed by atoms with Crippen LogP contribution < -0.4 is 10.6 Å². The van der Waals surface area contributed by atoms with Crippen LogP contribution in [0.4, 0.5) is 10.5 Å². The number of methoxy groups -OCH3 is 1. The number of hydrogen-bond donors (Lipinski definition) is 2. The van der Waals surface area contributed by atoms with Crippen LogP contribution in [0.3, 0.4) is 0 Å². The molecule has 0 bridgehead atoms. The Morgan fingerprint density at radius 3 is 2.73 bits per heavy atom. The zero-order chi connectivity index (χ0) is 15.8. The first kappa shape index (κ1) is 16.8. The van der Waals surface area contributed by atoms with Crippen LogP contribution in [0.2, 0.25) is 0 Å². The van der Waals surface area contributed by atoms with E-state index in [-0.39, 0.29) is 6.03 Å². The summed E-state index contributed by atoms with van der Waals surface area (Å²) in [6, 6.07) is 7.69. The summed E-state index contributed by atoms with van der Waals surface area (Å²) in [6.45, 7) is 6.72. The second-order valence-corrected chi connectivity index (χ2v) is 5.93. The monoisotopic (exact) mass is 305 g/mol. The van der Waals surface area contributed by atoms with Gasteiger partial charge in [0.25, 0.3) is 0 Å². The molecule has 2 N–H and O–H groups in total. The molecular formula is C17H27N3O2. The summed E-state index contributed by atoms with van der Waals surface area (Å²) in [5.74, 6) is 0.571. The van der Waals surface area contributed by atoms with Crippen LogP contribution in [0.5, 0.6) is 0 Å². The third-order valence-electron chi connectivity index (χ3n) is 4.26. The van der Waals surface area contributed by atoms with Crippen molar-refractivity contribution in [1.82, 2.24) is 10.2 Å². The molecule has 2 amide bonds. The normalized spacial score (nSPS) is 16.5. The lowest BCUT2D eigenvalue weighted by Gasteiger charge is -2.31. The highest BCUT2D eigenvalue weighted by Gasteiger charge is 2.19. The minimum Gasteiger partial charge on any atom is -0.383 e. The van der Waals surface area contributed by atoms with Gasteiger partial charge in [0.1, 0.15) is 0 Å². The number of anilines is 1. The first-order chi connectivity index (χ1) is 10.7. The quantitative estimate of drug-likeness (QED) is 0.849. The number of ether oxygens (including phenoxy) is 1. The molecule has 1 aliphatic rings. The van der Waals surface area contributed by atoms with E-state index in [0.717, 1.165) is 56.9 Å². The van der Waals surface area contributed by atoms with Crippen molar-refractivity contribution in [3.05, 3.63) is 29.8 Å². The molecule has 5 heteroatoms. The summed E-state index contributed by atoms with van der Waals surface area (Å²) in [6.07, 6.45) is 2.27. The third kappa shape index (κ3) is 5.31. The zero-order valence-corrected chi connectivity index (χ0v) is 13.6. The van der Waals surface area contributed by atoms with Gasteiger partial charge in [-0.15, -0.1) is 0 Å². The van der Waals surface area contributed by atoms with Gasteiger partial charge in [-0.25, -0.2) is 4.79 Å².